The zero-order valence-electron chi connectivity index (χ0n) is 14.7. The molecule has 138 valence electrons. The number of aliphatic imine (C=N–C) groups is 1. The molecule has 0 unspecified atom stereocenters. The molecule has 7 nitrogen and oxygen atoms in total. The predicted molar refractivity (Wildman–Crippen MR) is 116 cm³/mol. The van der Waals surface area contributed by atoms with Crippen LogP contribution in [0.25, 0.3) is 11.4 Å². The third-order valence-corrected chi connectivity index (χ3v) is 4.46. The van der Waals surface area contributed by atoms with Gasteiger partial charge in [-0.05, 0) is 18.6 Å². The van der Waals surface area contributed by atoms with E-state index in [4.69, 9.17) is 0 Å². The number of guanidine groups is 1. The van der Waals surface area contributed by atoms with Crippen LogP contribution in [-0.4, -0.2) is 39.7 Å². The summed E-state index contributed by atoms with van der Waals surface area (Å²) in [5, 5.41) is 16.6. The lowest BCUT2D eigenvalue weighted by molar-refractivity contribution is 0.786. The Kier molecular flexibility index (Phi) is 7.98. The highest BCUT2D eigenvalue weighted by Gasteiger charge is 2.04. The van der Waals surface area contributed by atoms with Crippen LogP contribution in [0.4, 0.5) is 0 Å². The average Bonchev–Trinajstić information content (AvgIpc) is 3.30. The number of hydrogen-bond donors (Lipinski definition) is 3. The van der Waals surface area contributed by atoms with Crippen LogP contribution in [0.15, 0.2) is 41.0 Å². The number of nitrogens with zero attached hydrogens (tertiary/aromatic N) is 4. The summed E-state index contributed by atoms with van der Waals surface area (Å²) in [6.45, 7) is 3.49. The minimum Gasteiger partial charge on any atom is -0.356 e. The molecule has 0 aliphatic carbocycles. The van der Waals surface area contributed by atoms with E-state index in [1.165, 1.54) is 6.33 Å². The molecule has 0 saturated heterocycles. The maximum absolute atomic E-state index is 4.47. The fourth-order valence-electron chi connectivity index (χ4n) is 2.41. The minimum absolute atomic E-state index is 0. The van der Waals surface area contributed by atoms with Crippen LogP contribution in [0.1, 0.15) is 16.3 Å². The SMILES string of the molecule is CN=C(NCCc1csc(C)n1)NCc1cccc(-c2ncn[nH]2)c1.I. The van der Waals surface area contributed by atoms with Crippen molar-refractivity contribution in [2.45, 2.75) is 19.9 Å². The molecule has 0 spiro atoms. The molecule has 0 radical (unpaired) electrons. The maximum Gasteiger partial charge on any atom is 0.191 e. The van der Waals surface area contributed by atoms with Gasteiger partial charge in [0.2, 0.25) is 0 Å². The number of aromatic amines is 1. The molecule has 0 fully saturated rings. The van der Waals surface area contributed by atoms with E-state index in [1.807, 2.05) is 19.1 Å². The van der Waals surface area contributed by atoms with Crippen molar-refractivity contribution in [3.63, 3.8) is 0 Å². The third kappa shape index (κ3) is 5.77. The second kappa shape index (κ2) is 10.2. The van der Waals surface area contributed by atoms with Gasteiger partial charge in [0.15, 0.2) is 11.8 Å². The van der Waals surface area contributed by atoms with Gasteiger partial charge in [-0.15, -0.1) is 35.3 Å². The number of hydrogen-bond acceptors (Lipinski definition) is 5. The zero-order chi connectivity index (χ0) is 17.5. The van der Waals surface area contributed by atoms with Crippen molar-refractivity contribution in [3.8, 4) is 11.4 Å². The van der Waals surface area contributed by atoms with Gasteiger partial charge in [-0.2, -0.15) is 5.10 Å². The summed E-state index contributed by atoms with van der Waals surface area (Å²) in [6, 6.07) is 8.17. The standard InChI is InChI=1S/C17H21N7S.HI/c1-12-23-15(10-25-12)6-7-19-17(18-2)20-9-13-4-3-5-14(8-13)16-21-11-22-24-16;/h3-5,8,10-11H,6-7,9H2,1-2H3,(H2,18,19,20)(H,21,22,24);1H. The molecular formula is C17H22IN7S. The number of halogens is 1. The molecule has 0 saturated carbocycles. The van der Waals surface area contributed by atoms with Crippen LogP contribution >= 0.6 is 35.3 Å². The number of aromatic nitrogens is 4. The lowest BCUT2D eigenvalue weighted by Crippen LogP contribution is -2.37. The average molecular weight is 483 g/mol. The third-order valence-electron chi connectivity index (χ3n) is 3.64. The van der Waals surface area contributed by atoms with Crippen molar-refractivity contribution in [3.05, 3.63) is 52.2 Å². The number of benzene rings is 1. The lowest BCUT2D eigenvalue weighted by Gasteiger charge is -2.12. The van der Waals surface area contributed by atoms with Crippen LogP contribution in [0.3, 0.4) is 0 Å². The molecule has 3 rings (SSSR count). The Morgan fingerprint density at radius 3 is 2.88 bits per heavy atom. The minimum atomic E-state index is 0. The van der Waals surface area contributed by atoms with Crippen LogP contribution in [0.2, 0.25) is 0 Å². The Balaban J connectivity index is 0.00000243. The number of thiazole rings is 1. The molecule has 3 N–H and O–H groups in total. The quantitative estimate of drug-likeness (QED) is 0.285. The van der Waals surface area contributed by atoms with Crippen LogP contribution in [-0.2, 0) is 13.0 Å². The van der Waals surface area contributed by atoms with Crippen molar-refractivity contribution in [1.82, 2.24) is 30.8 Å². The highest BCUT2D eigenvalue weighted by atomic mass is 127. The van der Waals surface area contributed by atoms with Gasteiger partial charge in [-0.1, -0.05) is 18.2 Å². The Morgan fingerprint density at radius 2 is 2.19 bits per heavy atom. The first-order valence-corrected chi connectivity index (χ1v) is 8.93. The Hall–Kier alpha value is -2.01. The Labute approximate surface area is 173 Å². The van der Waals surface area contributed by atoms with Gasteiger partial charge in [0.05, 0.1) is 10.7 Å². The molecule has 3 aromatic rings. The fraction of sp³-hybridized carbons (Fsp3) is 0.294. The zero-order valence-corrected chi connectivity index (χ0v) is 17.8. The summed E-state index contributed by atoms with van der Waals surface area (Å²) in [4.78, 5) is 12.9. The summed E-state index contributed by atoms with van der Waals surface area (Å²) in [7, 11) is 1.77. The monoisotopic (exact) mass is 483 g/mol. The highest BCUT2D eigenvalue weighted by Crippen LogP contribution is 2.15. The van der Waals surface area contributed by atoms with Gasteiger partial charge in [-0.3, -0.25) is 10.1 Å². The number of H-pyrrole nitrogens is 1. The molecule has 0 aliphatic heterocycles. The van der Waals surface area contributed by atoms with Crippen molar-refractivity contribution in [2.75, 3.05) is 13.6 Å². The largest absolute Gasteiger partial charge is 0.356 e. The van der Waals surface area contributed by atoms with E-state index in [1.54, 1.807) is 18.4 Å². The van der Waals surface area contributed by atoms with Gasteiger partial charge in [0.25, 0.3) is 0 Å². The van der Waals surface area contributed by atoms with Crippen molar-refractivity contribution < 1.29 is 0 Å². The normalized spacial score (nSPS) is 11.1. The van der Waals surface area contributed by atoms with E-state index in [-0.39, 0.29) is 24.0 Å². The molecule has 2 aromatic heterocycles. The van der Waals surface area contributed by atoms with Crippen LogP contribution in [0.5, 0.6) is 0 Å². The summed E-state index contributed by atoms with van der Waals surface area (Å²) < 4.78 is 0. The van der Waals surface area contributed by atoms with Gasteiger partial charge in [0, 0.05) is 37.5 Å². The summed E-state index contributed by atoms with van der Waals surface area (Å²) in [6.07, 6.45) is 2.39. The molecule has 1 aromatic carbocycles. The number of aryl methyl sites for hydroxylation is 1. The lowest BCUT2D eigenvalue weighted by atomic mass is 10.1. The van der Waals surface area contributed by atoms with E-state index < -0.39 is 0 Å². The van der Waals surface area contributed by atoms with Crippen LogP contribution < -0.4 is 10.6 Å². The topological polar surface area (TPSA) is 90.9 Å². The molecule has 0 amide bonds. The van der Waals surface area contributed by atoms with Crippen molar-refractivity contribution in [2.24, 2.45) is 4.99 Å². The number of rotatable bonds is 6. The second-order valence-corrected chi connectivity index (χ2v) is 6.56. The molecular weight excluding hydrogens is 461 g/mol. The summed E-state index contributed by atoms with van der Waals surface area (Å²) >= 11 is 1.68. The Bertz CT molecular complexity index is 829. The highest BCUT2D eigenvalue weighted by molar-refractivity contribution is 14.0. The van der Waals surface area contributed by atoms with E-state index >= 15 is 0 Å². The first-order valence-electron chi connectivity index (χ1n) is 8.05. The van der Waals surface area contributed by atoms with E-state index in [9.17, 15) is 0 Å². The van der Waals surface area contributed by atoms with Crippen molar-refractivity contribution in [1.29, 1.82) is 0 Å². The summed E-state index contributed by atoms with van der Waals surface area (Å²) in [5.41, 5.74) is 3.27. The molecule has 9 heteroatoms. The van der Waals surface area contributed by atoms with Crippen LogP contribution in [0, 0.1) is 6.92 Å². The molecule has 26 heavy (non-hydrogen) atoms. The molecule has 2 heterocycles. The Morgan fingerprint density at radius 1 is 1.31 bits per heavy atom. The fourth-order valence-corrected chi connectivity index (χ4v) is 3.06. The molecule has 0 bridgehead atoms. The van der Waals surface area contributed by atoms with Gasteiger partial charge in [0.1, 0.15) is 6.33 Å². The summed E-state index contributed by atoms with van der Waals surface area (Å²) in [5.74, 6) is 1.54. The number of nitrogens with one attached hydrogen (secondary N) is 3. The molecule has 0 aliphatic rings. The van der Waals surface area contributed by atoms with Gasteiger partial charge >= 0.3 is 0 Å². The predicted octanol–water partition coefficient (Wildman–Crippen LogP) is 2.76. The van der Waals surface area contributed by atoms with E-state index in [0.717, 1.165) is 46.6 Å². The second-order valence-electron chi connectivity index (χ2n) is 5.49. The van der Waals surface area contributed by atoms with Gasteiger partial charge < -0.3 is 10.6 Å². The first-order chi connectivity index (χ1) is 12.2. The smallest absolute Gasteiger partial charge is 0.191 e. The van der Waals surface area contributed by atoms with E-state index in [0.29, 0.717) is 6.54 Å². The first kappa shape index (κ1) is 20.3. The van der Waals surface area contributed by atoms with E-state index in [2.05, 4.69) is 53.3 Å². The van der Waals surface area contributed by atoms with Gasteiger partial charge in [-0.25, -0.2) is 9.97 Å². The molecule has 0 atom stereocenters. The maximum atomic E-state index is 4.47. The van der Waals surface area contributed by atoms with Crippen molar-refractivity contribution >= 4 is 41.3 Å².